The Morgan fingerprint density at radius 3 is 2.60 bits per heavy atom. The highest BCUT2D eigenvalue weighted by molar-refractivity contribution is 4.71. The lowest BCUT2D eigenvalue weighted by atomic mass is 9.96. The fourth-order valence-corrected chi connectivity index (χ4v) is 3.30. The van der Waals surface area contributed by atoms with Gasteiger partial charge in [-0.05, 0) is 64.0 Å². The Morgan fingerprint density at radius 2 is 1.90 bits per heavy atom. The van der Waals surface area contributed by atoms with Gasteiger partial charge in [-0.15, -0.1) is 0 Å². The van der Waals surface area contributed by atoms with Gasteiger partial charge in [0.2, 0.25) is 0 Å². The molecule has 1 aliphatic heterocycles. The van der Waals surface area contributed by atoms with E-state index in [-0.39, 0.29) is 0 Å². The van der Waals surface area contributed by atoms with Crippen molar-refractivity contribution in [1.82, 2.24) is 10.2 Å². The van der Waals surface area contributed by atoms with Gasteiger partial charge in [0, 0.05) is 19.1 Å². The van der Waals surface area contributed by atoms with Crippen LogP contribution in [0.15, 0.2) is 0 Å². The molecule has 2 unspecified atom stereocenters. The summed E-state index contributed by atoms with van der Waals surface area (Å²) in [6.07, 6.45) is 9.76. The lowest BCUT2D eigenvalue weighted by Crippen LogP contribution is -2.36. The lowest BCUT2D eigenvalue weighted by Gasteiger charge is -2.22. The van der Waals surface area contributed by atoms with Gasteiger partial charge in [0.25, 0.3) is 0 Å². The maximum atomic E-state index is 3.70. The summed E-state index contributed by atoms with van der Waals surface area (Å²) in [4.78, 5) is 2.68. The number of likely N-dealkylation sites (tertiary alicyclic amines) is 1. The molecule has 1 rings (SSSR count). The highest BCUT2D eigenvalue weighted by atomic mass is 15.1. The van der Waals surface area contributed by atoms with Gasteiger partial charge in [0.15, 0.2) is 0 Å². The van der Waals surface area contributed by atoms with E-state index in [4.69, 9.17) is 0 Å². The molecule has 1 heterocycles. The number of rotatable bonds is 9. The summed E-state index contributed by atoms with van der Waals surface area (Å²) in [7, 11) is 0. The van der Waals surface area contributed by atoms with E-state index in [9.17, 15) is 0 Å². The number of hydrogen-bond acceptors (Lipinski definition) is 2. The standard InChI is InChI=1S/C18H38N2/c1-5-7-18-8-6-13-20(14-11-18)15-12-19-17(4)10-9-16(2)3/h16-19H,5-15H2,1-4H3. The topological polar surface area (TPSA) is 15.3 Å². The van der Waals surface area contributed by atoms with Gasteiger partial charge in [0.1, 0.15) is 0 Å². The van der Waals surface area contributed by atoms with Crippen LogP contribution in [0.5, 0.6) is 0 Å². The molecule has 0 spiro atoms. The Bertz CT molecular complexity index is 227. The summed E-state index contributed by atoms with van der Waals surface area (Å²) in [6, 6.07) is 0.678. The SMILES string of the molecule is CCCC1CCCN(CCNC(C)CCC(C)C)CC1. The average molecular weight is 283 g/mol. The van der Waals surface area contributed by atoms with E-state index in [1.54, 1.807) is 0 Å². The molecule has 1 saturated heterocycles. The van der Waals surface area contributed by atoms with Crippen LogP contribution in [0.4, 0.5) is 0 Å². The van der Waals surface area contributed by atoms with Crippen molar-refractivity contribution in [3.05, 3.63) is 0 Å². The van der Waals surface area contributed by atoms with Gasteiger partial charge in [-0.2, -0.15) is 0 Å². The molecule has 120 valence electrons. The summed E-state index contributed by atoms with van der Waals surface area (Å²) < 4.78 is 0. The van der Waals surface area contributed by atoms with Gasteiger partial charge in [0.05, 0.1) is 0 Å². The first-order valence-electron chi connectivity index (χ1n) is 9.07. The Balaban J connectivity index is 2.09. The number of nitrogens with one attached hydrogen (secondary N) is 1. The van der Waals surface area contributed by atoms with Crippen LogP contribution in [-0.2, 0) is 0 Å². The Kier molecular flexibility index (Phi) is 9.54. The second-order valence-corrected chi connectivity index (χ2v) is 7.25. The molecule has 1 fully saturated rings. The fourth-order valence-electron chi connectivity index (χ4n) is 3.30. The smallest absolute Gasteiger partial charge is 0.0107 e. The van der Waals surface area contributed by atoms with Crippen LogP contribution in [0.25, 0.3) is 0 Å². The van der Waals surface area contributed by atoms with Crippen LogP contribution in [-0.4, -0.2) is 37.1 Å². The zero-order valence-electron chi connectivity index (χ0n) is 14.5. The number of nitrogens with zero attached hydrogens (tertiary/aromatic N) is 1. The Labute approximate surface area is 127 Å². The third-order valence-electron chi connectivity index (χ3n) is 4.74. The van der Waals surface area contributed by atoms with Crippen LogP contribution in [0.2, 0.25) is 0 Å². The van der Waals surface area contributed by atoms with E-state index in [1.165, 1.54) is 64.6 Å². The largest absolute Gasteiger partial charge is 0.313 e. The molecule has 0 radical (unpaired) electrons. The van der Waals surface area contributed by atoms with Gasteiger partial charge < -0.3 is 10.2 Å². The van der Waals surface area contributed by atoms with Crippen molar-refractivity contribution in [3.8, 4) is 0 Å². The Hall–Kier alpha value is -0.0800. The summed E-state index contributed by atoms with van der Waals surface area (Å²) >= 11 is 0. The van der Waals surface area contributed by atoms with Gasteiger partial charge >= 0.3 is 0 Å². The van der Waals surface area contributed by atoms with Crippen molar-refractivity contribution in [3.63, 3.8) is 0 Å². The van der Waals surface area contributed by atoms with Crippen molar-refractivity contribution in [2.24, 2.45) is 11.8 Å². The third-order valence-corrected chi connectivity index (χ3v) is 4.74. The molecular formula is C18H38N2. The van der Waals surface area contributed by atoms with Crippen molar-refractivity contribution in [2.45, 2.75) is 78.7 Å². The van der Waals surface area contributed by atoms with Gasteiger partial charge in [-0.25, -0.2) is 0 Å². The first-order valence-corrected chi connectivity index (χ1v) is 9.07. The maximum Gasteiger partial charge on any atom is 0.0107 e. The normalized spacial score (nSPS) is 22.9. The molecule has 0 aliphatic carbocycles. The van der Waals surface area contributed by atoms with Crippen LogP contribution < -0.4 is 5.32 Å². The van der Waals surface area contributed by atoms with Crippen molar-refractivity contribution >= 4 is 0 Å². The molecule has 1 N–H and O–H groups in total. The van der Waals surface area contributed by atoms with Crippen LogP contribution in [0.3, 0.4) is 0 Å². The highest BCUT2D eigenvalue weighted by Gasteiger charge is 2.16. The maximum absolute atomic E-state index is 3.70. The van der Waals surface area contributed by atoms with E-state index in [1.807, 2.05) is 0 Å². The van der Waals surface area contributed by atoms with Crippen LogP contribution in [0.1, 0.15) is 72.6 Å². The molecule has 0 aromatic heterocycles. The number of hydrogen-bond donors (Lipinski definition) is 1. The second kappa shape index (κ2) is 10.6. The van der Waals surface area contributed by atoms with E-state index in [2.05, 4.69) is 37.9 Å². The molecule has 20 heavy (non-hydrogen) atoms. The molecule has 0 aromatic rings. The minimum Gasteiger partial charge on any atom is -0.313 e. The van der Waals surface area contributed by atoms with E-state index >= 15 is 0 Å². The second-order valence-electron chi connectivity index (χ2n) is 7.25. The zero-order valence-corrected chi connectivity index (χ0v) is 14.5. The van der Waals surface area contributed by atoms with Gasteiger partial charge in [-0.3, -0.25) is 0 Å². The van der Waals surface area contributed by atoms with E-state index in [0.29, 0.717) is 6.04 Å². The zero-order chi connectivity index (χ0) is 14.8. The summed E-state index contributed by atoms with van der Waals surface area (Å²) in [5.74, 6) is 1.84. The molecule has 0 bridgehead atoms. The molecule has 0 aromatic carbocycles. The third kappa shape index (κ3) is 8.26. The summed E-state index contributed by atoms with van der Waals surface area (Å²) in [6.45, 7) is 14.3. The monoisotopic (exact) mass is 282 g/mol. The predicted octanol–water partition coefficient (Wildman–Crippen LogP) is 4.30. The van der Waals surface area contributed by atoms with Crippen molar-refractivity contribution in [1.29, 1.82) is 0 Å². The molecule has 1 aliphatic rings. The van der Waals surface area contributed by atoms with E-state index < -0.39 is 0 Å². The van der Waals surface area contributed by atoms with Crippen LogP contribution in [0, 0.1) is 11.8 Å². The average Bonchev–Trinajstić information content (AvgIpc) is 2.63. The van der Waals surface area contributed by atoms with E-state index in [0.717, 1.165) is 18.4 Å². The summed E-state index contributed by atoms with van der Waals surface area (Å²) in [5, 5.41) is 3.70. The molecule has 2 nitrogen and oxygen atoms in total. The van der Waals surface area contributed by atoms with Crippen LogP contribution >= 0.6 is 0 Å². The minimum atomic E-state index is 0.678. The fraction of sp³-hybridized carbons (Fsp3) is 1.00. The minimum absolute atomic E-state index is 0.678. The van der Waals surface area contributed by atoms with Gasteiger partial charge in [-0.1, -0.05) is 33.6 Å². The molecule has 0 amide bonds. The summed E-state index contributed by atoms with van der Waals surface area (Å²) in [5.41, 5.74) is 0. The molecular weight excluding hydrogens is 244 g/mol. The molecule has 2 atom stereocenters. The predicted molar refractivity (Wildman–Crippen MR) is 90.2 cm³/mol. The Morgan fingerprint density at radius 1 is 1.10 bits per heavy atom. The molecule has 2 heteroatoms. The van der Waals surface area contributed by atoms with Crippen molar-refractivity contribution in [2.75, 3.05) is 26.2 Å². The first-order chi connectivity index (χ1) is 9.61. The quantitative estimate of drug-likeness (QED) is 0.678. The lowest BCUT2D eigenvalue weighted by molar-refractivity contribution is 0.273. The van der Waals surface area contributed by atoms with Crippen molar-refractivity contribution < 1.29 is 0 Å². The molecule has 0 saturated carbocycles. The highest BCUT2D eigenvalue weighted by Crippen LogP contribution is 2.21. The first kappa shape index (κ1) is 18.0.